The predicted molar refractivity (Wildman–Crippen MR) is 96.5 cm³/mol. The Labute approximate surface area is 148 Å². The second-order valence-electron chi connectivity index (χ2n) is 7.02. The van der Waals surface area contributed by atoms with Crippen LogP contribution in [0.1, 0.15) is 31.4 Å². The molecule has 2 atom stereocenters. The van der Waals surface area contributed by atoms with Crippen LogP contribution in [0.5, 0.6) is 0 Å². The number of hydrogen-bond acceptors (Lipinski definition) is 3. The maximum absolute atomic E-state index is 12.6. The highest BCUT2D eigenvalue weighted by molar-refractivity contribution is 5.82. The van der Waals surface area contributed by atoms with Gasteiger partial charge in [0.2, 0.25) is 0 Å². The Kier molecular flexibility index (Phi) is 4.61. The van der Waals surface area contributed by atoms with Gasteiger partial charge in [0.15, 0.2) is 0 Å². The third kappa shape index (κ3) is 3.23. The van der Waals surface area contributed by atoms with Crippen molar-refractivity contribution in [1.82, 2.24) is 20.0 Å². The first-order valence-electron chi connectivity index (χ1n) is 9.31. The minimum atomic E-state index is 0.0400. The number of benzene rings is 1. The molecule has 6 nitrogen and oxygen atoms in total. The van der Waals surface area contributed by atoms with E-state index in [1.165, 1.54) is 0 Å². The fraction of sp³-hybridized carbons (Fsp3) is 0.579. The van der Waals surface area contributed by atoms with Crippen LogP contribution in [-0.4, -0.2) is 52.6 Å². The van der Waals surface area contributed by atoms with Gasteiger partial charge in [-0.15, -0.1) is 0 Å². The van der Waals surface area contributed by atoms with Crippen molar-refractivity contribution in [3.8, 4) is 0 Å². The molecule has 2 saturated heterocycles. The Morgan fingerprint density at radius 3 is 3.04 bits per heavy atom. The monoisotopic (exact) mass is 342 g/mol. The molecule has 4 rings (SSSR count). The lowest BCUT2D eigenvalue weighted by atomic mass is 10.1. The van der Waals surface area contributed by atoms with Crippen LogP contribution in [0.2, 0.25) is 0 Å². The summed E-state index contributed by atoms with van der Waals surface area (Å²) in [5, 5.41) is 8.84. The molecule has 0 saturated carbocycles. The number of amides is 2. The van der Waals surface area contributed by atoms with E-state index in [2.05, 4.69) is 22.5 Å². The molecule has 1 N–H and O–H groups in total. The Balaban J connectivity index is 1.35. The van der Waals surface area contributed by atoms with Crippen LogP contribution in [0.3, 0.4) is 0 Å². The number of aromatic nitrogens is 2. The highest BCUT2D eigenvalue weighted by Crippen LogP contribution is 2.27. The van der Waals surface area contributed by atoms with Crippen LogP contribution in [0.4, 0.5) is 4.79 Å². The second-order valence-corrected chi connectivity index (χ2v) is 7.02. The molecule has 2 fully saturated rings. The highest BCUT2D eigenvalue weighted by Gasteiger charge is 2.36. The Morgan fingerprint density at radius 2 is 2.20 bits per heavy atom. The summed E-state index contributed by atoms with van der Waals surface area (Å²) in [4.78, 5) is 14.6. The molecule has 2 aromatic rings. The standard InChI is InChI=1S/C19H26N4O2/c1-22-16-7-3-2-6-14(16)15(21-22)10-11-20-19(24)23-12-4-8-17(23)18-9-5-13-25-18/h2-3,6-7,17-18H,4-5,8-13H2,1H3,(H,20,24)/t17-,18-/m0/s1. The van der Waals surface area contributed by atoms with Crippen molar-refractivity contribution in [2.75, 3.05) is 19.7 Å². The Hall–Kier alpha value is -2.08. The lowest BCUT2D eigenvalue weighted by Crippen LogP contribution is -2.47. The first-order valence-corrected chi connectivity index (χ1v) is 9.31. The fourth-order valence-electron chi connectivity index (χ4n) is 4.20. The number of hydrogen-bond donors (Lipinski definition) is 1. The van der Waals surface area contributed by atoms with E-state index in [0.717, 1.165) is 61.9 Å². The number of likely N-dealkylation sites (tertiary alicyclic amines) is 1. The molecular formula is C19H26N4O2. The average molecular weight is 342 g/mol. The molecule has 0 bridgehead atoms. The summed E-state index contributed by atoms with van der Waals surface area (Å²) in [7, 11) is 1.96. The molecule has 3 heterocycles. The van der Waals surface area contributed by atoms with Gasteiger partial charge in [-0.3, -0.25) is 4.68 Å². The molecule has 2 aliphatic rings. The minimum Gasteiger partial charge on any atom is -0.376 e. The normalized spacial score (nSPS) is 23.5. The first kappa shape index (κ1) is 16.4. The molecule has 0 spiro atoms. The number of nitrogens with one attached hydrogen (secondary N) is 1. The molecule has 1 aromatic heterocycles. The van der Waals surface area contributed by atoms with Gasteiger partial charge in [-0.1, -0.05) is 18.2 Å². The van der Waals surface area contributed by atoms with Gasteiger partial charge in [0, 0.05) is 38.6 Å². The van der Waals surface area contributed by atoms with E-state index in [0.29, 0.717) is 6.54 Å². The molecule has 6 heteroatoms. The third-order valence-corrected chi connectivity index (χ3v) is 5.43. The quantitative estimate of drug-likeness (QED) is 0.928. The van der Waals surface area contributed by atoms with Gasteiger partial charge in [0.25, 0.3) is 0 Å². The number of rotatable bonds is 4. The van der Waals surface area contributed by atoms with Crippen LogP contribution in [0.15, 0.2) is 24.3 Å². The number of carbonyl (C=O) groups excluding carboxylic acids is 1. The molecule has 25 heavy (non-hydrogen) atoms. The van der Waals surface area contributed by atoms with Gasteiger partial charge in [-0.05, 0) is 31.7 Å². The summed E-state index contributed by atoms with van der Waals surface area (Å²) in [5.41, 5.74) is 2.16. The van der Waals surface area contributed by atoms with Gasteiger partial charge in [0.05, 0.1) is 23.4 Å². The number of urea groups is 1. The van der Waals surface area contributed by atoms with Crippen LogP contribution in [0.25, 0.3) is 10.9 Å². The van der Waals surface area contributed by atoms with Crippen molar-refractivity contribution in [1.29, 1.82) is 0 Å². The van der Waals surface area contributed by atoms with E-state index in [1.54, 1.807) is 0 Å². The van der Waals surface area contributed by atoms with Crippen LogP contribution >= 0.6 is 0 Å². The van der Waals surface area contributed by atoms with Gasteiger partial charge >= 0.3 is 6.03 Å². The van der Waals surface area contributed by atoms with E-state index >= 15 is 0 Å². The van der Waals surface area contributed by atoms with Crippen LogP contribution < -0.4 is 5.32 Å². The summed E-state index contributed by atoms with van der Waals surface area (Å²) < 4.78 is 7.71. The van der Waals surface area contributed by atoms with Crippen molar-refractivity contribution in [2.45, 2.75) is 44.2 Å². The van der Waals surface area contributed by atoms with Crippen molar-refractivity contribution in [3.63, 3.8) is 0 Å². The van der Waals surface area contributed by atoms with Crippen molar-refractivity contribution < 1.29 is 9.53 Å². The number of ether oxygens (including phenoxy) is 1. The predicted octanol–water partition coefficient (Wildman–Crippen LogP) is 2.47. The van der Waals surface area contributed by atoms with Crippen molar-refractivity contribution >= 4 is 16.9 Å². The molecule has 2 aliphatic heterocycles. The van der Waals surface area contributed by atoms with E-state index in [9.17, 15) is 4.79 Å². The highest BCUT2D eigenvalue weighted by atomic mass is 16.5. The van der Waals surface area contributed by atoms with E-state index in [4.69, 9.17) is 4.74 Å². The molecular weight excluding hydrogens is 316 g/mol. The van der Waals surface area contributed by atoms with Gasteiger partial charge in [0.1, 0.15) is 0 Å². The first-order chi connectivity index (χ1) is 12.2. The summed E-state index contributed by atoms with van der Waals surface area (Å²) >= 11 is 0. The lowest BCUT2D eigenvalue weighted by Gasteiger charge is -2.28. The zero-order valence-electron chi connectivity index (χ0n) is 14.8. The van der Waals surface area contributed by atoms with E-state index in [-0.39, 0.29) is 18.2 Å². The molecule has 0 radical (unpaired) electrons. The third-order valence-electron chi connectivity index (χ3n) is 5.43. The largest absolute Gasteiger partial charge is 0.376 e. The molecule has 0 aliphatic carbocycles. The lowest BCUT2D eigenvalue weighted by molar-refractivity contribution is 0.0521. The zero-order valence-corrected chi connectivity index (χ0v) is 14.8. The van der Waals surface area contributed by atoms with E-state index < -0.39 is 0 Å². The average Bonchev–Trinajstić information content (AvgIpc) is 3.35. The molecule has 134 valence electrons. The molecule has 0 unspecified atom stereocenters. The number of para-hydroxylation sites is 1. The van der Waals surface area contributed by atoms with Crippen LogP contribution in [0, 0.1) is 0 Å². The van der Waals surface area contributed by atoms with Gasteiger partial charge in [-0.2, -0.15) is 5.10 Å². The van der Waals surface area contributed by atoms with Gasteiger partial charge in [-0.25, -0.2) is 4.79 Å². The Bertz CT molecular complexity index is 751. The zero-order chi connectivity index (χ0) is 17.2. The molecule has 2 amide bonds. The van der Waals surface area contributed by atoms with Crippen molar-refractivity contribution in [2.24, 2.45) is 7.05 Å². The number of nitrogens with zero attached hydrogens (tertiary/aromatic N) is 3. The SMILES string of the molecule is Cn1nc(CCNC(=O)N2CCC[C@H]2[C@@H]2CCCO2)c2ccccc21. The number of fused-ring (bicyclic) bond motifs is 1. The van der Waals surface area contributed by atoms with Gasteiger partial charge < -0.3 is 15.0 Å². The summed E-state index contributed by atoms with van der Waals surface area (Å²) in [6.45, 7) is 2.28. The smallest absolute Gasteiger partial charge is 0.317 e. The minimum absolute atomic E-state index is 0.0400. The number of aryl methyl sites for hydroxylation is 1. The second kappa shape index (κ2) is 7.04. The Morgan fingerprint density at radius 1 is 1.32 bits per heavy atom. The summed E-state index contributed by atoms with van der Waals surface area (Å²) in [6.07, 6.45) is 5.29. The topological polar surface area (TPSA) is 59.4 Å². The molecule has 1 aromatic carbocycles. The van der Waals surface area contributed by atoms with Crippen molar-refractivity contribution in [3.05, 3.63) is 30.0 Å². The van der Waals surface area contributed by atoms with E-state index in [1.807, 2.05) is 28.8 Å². The number of carbonyl (C=O) groups is 1. The fourth-order valence-corrected chi connectivity index (χ4v) is 4.20. The maximum Gasteiger partial charge on any atom is 0.317 e. The summed E-state index contributed by atoms with van der Waals surface area (Å²) in [5.74, 6) is 0. The summed E-state index contributed by atoms with van der Waals surface area (Å²) in [6, 6.07) is 8.50. The maximum atomic E-state index is 12.6. The van der Waals surface area contributed by atoms with Crippen LogP contribution in [-0.2, 0) is 18.2 Å².